The van der Waals surface area contributed by atoms with Crippen molar-refractivity contribution in [3.8, 4) is 11.4 Å². The molecule has 0 N–H and O–H groups in total. The van der Waals surface area contributed by atoms with Crippen LogP contribution in [0, 0.1) is 30.5 Å². The molecule has 0 aliphatic carbocycles. The molecular weight excluding hydrogens is 362 g/mol. The zero-order valence-corrected chi connectivity index (χ0v) is 13.6. The van der Waals surface area contributed by atoms with Gasteiger partial charge in [-0.25, -0.2) is 8.78 Å². The van der Waals surface area contributed by atoms with Gasteiger partial charge in [-0.1, -0.05) is 6.07 Å². The minimum absolute atomic E-state index is 0.119. The quantitative estimate of drug-likeness (QED) is 0.519. The van der Waals surface area contributed by atoms with Crippen LogP contribution in [-0.2, 0) is 0 Å². The second kappa shape index (κ2) is 6.67. The molecular formula is C14H9F4N5OS. The molecule has 2 heterocycles. The van der Waals surface area contributed by atoms with Crippen LogP contribution >= 0.6 is 11.8 Å². The van der Waals surface area contributed by atoms with Crippen molar-refractivity contribution in [3.05, 3.63) is 47.3 Å². The van der Waals surface area contributed by atoms with E-state index in [1.807, 2.05) is 6.92 Å². The summed E-state index contributed by atoms with van der Waals surface area (Å²) in [5, 5.41) is 10.7. The monoisotopic (exact) mass is 371 g/mol. The maximum Gasteiger partial charge on any atom is 0.252 e. The first-order chi connectivity index (χ1) is 11.9. The van der Waals surface area contributed by atoms with Crippen LogP contribution in [0.2, 0.25) is 0 Å². The van der Waals surface area contributed by atoms with E-state index < -0.39 is 28.4 Å². The second-order valence-electron chi connectivity index (χ2n) is 4.80. The molecule has 0 spiro atoms. The zero-order valence-electron chi connectivity index (χ0n) is 12.8. The van der Waals surface area contributed by atoms with Gasteiger partial charge < -0.3 is 4.74 Å². The first kappa shape index (κ1) is 17.1. The highest BCUT2D eigenvalue weighted by molar-refractivity contribution is 7.99. The van der Waals surface area contributed by atoms with E-state index >= 15 is 0 Å². The maximum atomic E-state index is 13.8. The molecule has 0 fully saturated rings. The van der Waals surface area contributed by atoms with Crippen molar-refractivity contribution in [2.24, 2.45) is 0 Å². The van der Waals surface area contributed by atoms with Gasteiger partial charge in [0, 0.05) is 0 Å². The van der Waals surface area contributed by atoms with E-state index in [9.17, 15) is 17.6 Å². The fourth-order valence-electron chi connectivity index (χ4n) is 2.01. The number of tetrazole rings is 1. The normalized spacial score (nSPS) is 11.0. The van der Waals surface area contributed by atoms with Gasteiger partial charge >= 0.3 is 0 Å². The standard InChI is InChI=1S/C14H9F4N5OS/c1-6-3-4-8(24-2)7(5-6)23-14(20-21-22-23)25-11-9(15)12(17)19-13(18)10(11)16/h3-5H,1-2H3. The topological polar surface area (TPSA) is 65.7 Å². The lowest BCUT2D eigenvalue weighted by Crippen LogP contribution is -2.05. The van der Waals surface area contributed by atoms with Gasteiger partial charge in [0.25, 0.3) is 11.9 Å². The van der Waals surface area contributed by atoms with E-state index in [1.54, 1.807) is 18.2 Å². The summed E-state index contributed by atoms with van der Waals surface area (Å²) < 4.78 is 60.5. The summed E-state index contributed by atoms with van der Waals surface area (Å²) in [5.41, 5.74) is 1.24. The van der Waals surface area contributed by atoms with Crippen LogP contribution in [0.5, 0.6) is 5.75 Å². The van der Waals surface area contributed by atoms with Gasteiger partial charge in [-0.15, -0.1) is 5.10 Å². The molecule has 11 heteroatoms. The van der Waals surface area contributed by atoms with Crippen molar-refractivity contribution in [3.63, 3.8) is 0 Å². The Hall–Kier alpha value is -2.69. The van der Waals surface area contributed by atoms with Crippen molar-refractivity contribution in [2.75, 3.05) is 7.11 Å². The molecule has 0 radical (unpaired) electrons. The van der Waals surface area contributed by atoms with Gasteiger partial charge in [-0.2, -0.15) is 18.4 Å². The second-order valence-corrected chi connectivity index (χ2v) is 5.78. The third-order valence-corrected chi connectivity index (χ3v) is 4.15. The number of ether oxygens (including phenoxy) is 1. The smallest absolute Gasteiger partial charge is 0.252 e. The Kier molecular flexibility index (Phi) is 4.57. The molecule has 0 unspecified atom stereocenters. The number of aromatic nitrogens is 5. The average Bonchev–Trinajstić information content (AvgIpc) is 3.05. The third-order valence-electron chi connectivity index (χ3n) is 3.15. The first-order valence-electron chi connectivity index (χ1n) is 6.73. The molecule has 3 rings (SSSR count). The Labute approximate surface area is 142 Å². The van der Waals surface area contributed by atoms with E-state index in [1.165, 1.54) is 7.11 Å². The molecule has 0 saturated heterocycles. The van der Waals surface area contributed by atoms with Crippen LogP contribution in [0.25, 0.3) is 5.69 Å². The number of pyridine rings is 1. The fourth-order valence-corrected chi connectivity index (χ4v) is 2.84. The van der Waals surface area contributed by atoms with E-state index in [0.29, 0.717) is 23.2 Å². The fraction of sp³-hybridized carbons (Fsp3) is 0.143. The lowest BCUT2D eigenvalue weighted by molar-refractivity contribution is 0.383. The number of hydrogen-bond acceptors (Lipinski definition) is 6. The molecule has 0 bridgehead atoms. The van der Waals surface area contributed by atoms with Gasteiger partial charge in [0.05, 0.1) is 12.0 Å². The molecule has 25 heavy (non-hydrogen) atoms. The highest BCUT2D eigenvalue weighted by Gasteiger charge is 2.24. The van der Waals surface area contributed by atoms with E-state index in [2.05, 4.69) is 20.5 Å². The number of hydrogen-bond donors (Lipinski definition) is 0. The van der Waals surface area contributed by atoms with Crippen molar-refractivity contribution >= 4 is 11.8 Å². The van der Waals surface area contributed by atoms with E-state index in [-0.39, 0.29) is 5.16 Å². The van der Waals surface area contributed by atoms with Gasteiger partial charge in [-0.3, -0.25) is 0 Å². The Morgan fingerprint density at radius 3 is 2.40 bits per heavy atom. The van der Waals surface area contributed by atoms with Crippen molar-refractivity contribution < 1.29 is 22.3 Å². The first-order valence-corrected chi connectivity index (χ1v) is 7.55. The number of rotatable bonds is 4. The van der Waals surface area contributed by atoms with Crippen LogP contribution in [0.15, 0.2) is 28.3 Å². The van der Waals surface area contributed by atoms with Crippen molar-refractivity contribution in [2.45, 2.75) is 17.0 Å². The summed E-state index contributed by atoms with van der Waals surface area (Å²) in [6.45, 7) is 1.81. The SMILES string of the molecule is COc1ccc(C)cc1-n1nnnc1Sc1c(F)c(F)nc(F)c1F. The number of nitrogens with zero attached hydrogens (tertiary/aromatic N) is 5. The van der Waals surface area contributed by atoms with Gasteiger partial charge in [-0.05, 0) is 46.8 Å². The number of methoxy groups -OCH3 is 1. The molecule has 130 valence electrons. The Balaban J connectivity index is 2.10. The average molecular weight is 371 g/mol. The number of benzene rings is 1. The Bertz CT molecular complexity index is 923. The predicted octanol–water partition coefficient (Wildman–Crippen LogP) is 3.08. The highest BCUT2D eigenvalue weighted by atomic mass is 32.2. The molecule has 1 aromatic carbocycles. The van der Waals surface area contributed by atoms with Gasteiger partial charge in [0.15, 0.2) is 11.6 Å². The van der Waals surface area contributed by atoms with Gasteiger partial charge in [0.1, 0.15) is 11.4 Å². The lowest BCUT2D eigenvalue weighted by Gasteiger charge is -2.10. The number of aryl methyl sites for hydroxylation is 1. The molecule has 2 aromatic heterocycles. The highest BCUT2D eigenvalue weighted by Crippen LogP contribution is 2.34. The summed E-state index contributed by atoms with van der Waals surface area (Å²) in [7, 11) is 1.43. The van der Waals surface area contributed by atoms with Crippen LogP contribution in [-0.4, -0.2) is 32.3 Å². The zero-order chi connectivity index (χ0) is 18.1. The predicted molar refractivity (Wildman–Crippen MR) is 78.6 cm³/mol. The molecule has 0 atom stereocenters. The number of halogens is 4. The van der Waals surface area contributed by atoms with Crippen molar-refractivity contribution in [1.82, 2.24) is 25.2 Å². The van der Waals surface area contributed by atoms with Crippen LogP contribution in [0.3, 0.4) is 0 Å². The van der Waals surface area contributed by atoms with Crippen LogP contribution in [0.4, 0.5) is 17.6 Å². The van der Waals surface area contributed by atoms with Crippen LogP contribution < -0.4 is 4.74 Å². The van der Waals surface area contributed by atoms with Crippen LogP contribution in [0.1, 0.15) is 5.56 Å². The lowest BCUT2D eigenvalue weighted by atomic mass is 10.2. The van der Waals surface area contributed by atoms with Crippen molar-refractivity contribution in [1.29, 1.82) is 0 Å². The Morgan fingerprint density at radius 1 is 1.08 bits per heavy atom. The molecule has 0 amide bonds. The molecule has 0 aliphatic rings. The summed E-state index contributed by atoms with van der Waals surface area (Å²) in [5.74, 6) is -6.38. The molecule has 0 aliphatic heterocycles. The minimum atomic E-state index is -1.76. The summed E-state index contributed by atoms with van der Waals surface area (Å²) in [4.78, 5) is 1.57. The molecule has 6 nitrogen and oxygen atoms in total. The van der Waals surface area contributed by atoms with E-state index in [4.69, 9.17) is 4.74 Å². The minimum Gasteiger partial charge on any atom is -0.494 e. The maximum absolute atomic E-state index is 13.8. The summed E-state index contributed by atoms with van der Waals surface area (Å²) in [6.07, 6.45) is 0. The molecule has 0 saturated carbocycles. The third kappa shape index (κ3) is 3.14. The Morgan fingerprint density at radius 2 is 1.76 bits per heavy atom. The largest absolute Gasteiger partial charge is 0.494 e. The molecule has 3 aromatic rings. The van der Waals surface area contributed by atoms with E-state index in [0.717, 1.165) is 10.2 Å². The summed E-state index contributed by atoms with van der Waals surface area (Å²) in [6, 6.07) is 5.12. The van der Waals surface area contributed by atoms with Gasteiger partial charge in [0.2, 0.25) is 5.16 Å². The summed E-state index contributed by atoms with van der Waals surface area (Å²) >= 11 is 0.324.